The largest absolute Gasteiger partial charge is 0.394 e. The summed E-state index contributed by atoms with van der Waals surface area (Å²) in [7, 11) is 0. The summed E-state index contributed by atoms with van der Waals surface area (Å²) in [6.45, 7) is 2.60. The number of hydrogen-bond donors (Lipinski definition) is 9. The van der Waals surface area contributed by atoms with Crippen LogP contribution in [-0.2, 0) is 23.7 Å². The van der Waals surface area contributed by atoms with Crippen molar-refractivity contribution in [1.82, 2.24) is 5.32 Å². The first-order valence-electron chi connectivity index (χ1n) is 30.2. The zero-order chi connectivity index (χ0) is 55.3. The molecule has 76 heavy (non-hydrogen) atoms. The average Bonchev–Trinajstić information content (AvgIpc) is 3.42. The van der Waals surface area contributed by atoms with Crippen molar-refractivity contribution < 1.29 is 64.6 Å². The van der Waals surface area contributed by atoms with Crippen molar-refractivity contribution in [2.45, 2.75) is 293 Å². The van der Waals surface area contributed by atoms with Crippen LogP contribution >= 0.6 is 0 Å². The number of ether oxygens (including phenoxy) is 4. The van der Waals surface area contributed by atoms with E-state index < -0.39 is 86.8 Å². The van der Waals surface area contributed by atoms with E-state index in [0.29, 0.717) is 12.8 Å². The number of carbonyl (C=O) groups is 1. The molecule has 0 spiro atoms. The second kappa shape index (κ2) is 47.3. The Hall–Kier alpha value is -2.57. The summed E-state index contributed by atoms with van der Waals surface area (Å²) in [5, 5.41) is 86.7. The van der Waals surface area contributed by atoms with Crippen molar-refractivity contribution in [3.63, 3.8) is 0 Å². The van der Waals surface area contributed by atoms with E-state index in [4.69, 9.17) is 18.9 Å². The third-order valence-corrected chi connectivity index (χ3v) is 14.4. The van der Waals surface area contributed by atoms with Crippen molar-refractivity contribution in [3.05, 3.63) is 72.9 Å². The van der Waals surface area contributed by atoms with Gasteiger partial charge in [0.05, 0.1) is 32.0 Å². The Bertz CT molecular complexity index is 1550. The van der Waals surface area contributed by atoms with Gasteiger partial charge in [0.2, 0.25) is 5.91 Å². The molecular formula is C62H109NO13. The van der Waals surface area contributed by atoms with Crippen LogP contribution in [-0.4, -0.2) is 140 Å². The van der Waals surface area contributed by atoms with E-state index in [2.05, 4.69) is 79.9 Å². The number of amides is 1. The molecule has 14 nitrogen and oxygen atoms in total. The second-order valence-corrected chi connectivity index (χ2v) is 21.1. The highest BCUT2D eigenvalue weighted by Gasteiger charge is 2.51. The molecule has 2 aliphatic rings. The lowest BCUT2D eigenvalue weighted by molar-refractivity contribution is -0.359. The molecule has 12 atom stereocenters. The van der Waals surface area contributed by atoms with Gasteiger partial charge in [-0.25, -0.2) is 0 Å². The first-order valence-corrected chi connectivity index (χ1v) is 30.2. The normalized spacial score (nSPS) is 25.4. The first kappa shape index (κ1) is 69.5. The quantitative estimate of drug-likeness (QED) is 0.0204. The van der Waals surface area contributed by atoms with Crippen LogP contribution in [0, 0.1) is 0 Å². The lowest BCUT2D eigenvalue weighted by Gasteiger charge is -2.46. The Labute approximate surface area is 459 Å². The van der Waals surface area contributed by atoms with Gasteiger partial charge in [-0.3, -0.25) is 4.79 Å². The molecule has 2 fully saturated rings. The minimum absolute atomic E-state index is 0.252. The molecule has 440 valence electrons. The molecule has 12 unspecified atom stereocenters. The minimum atomic E-state index is -1.79. The van der Waals surface area contributed by atoms with Gasteiger partial charge in [-0.2, -0.15) is 0 Å². The minimum Gasteiger partial charge on any atom is -0.394 e. The molecule has 0 aromatic heterocycles. The summed E-state index contributed by atoms with van der Waals surface area (Å²) in [4.78, 5) is 13.2. The maximum absolute atomic E-state index is 13.2. The van der Waals surface area contributed by atoms with Crippen LogP contribution in [0.4, 0.5) is 0 Å². The third kappa shape index (κ3) is 32.5. The monoisotopic (exact) mass is 1080 g/mol. The molecule has 14 heteroatoms. The number of aliphatic hydroxyl groups excluding tert-OH is 8. The van der Waals surface area contributed by atoms with Gasteiger partial charge in [0.15, 0.2) is 12.6 Å². The summed E-state index contributed by atoms with van der Waals surface area (Å²) in [5.74, 6) is -0.252. The molecule has 0 bridgehead atoms. The van der Waals surface area contributed by atoms with Crippen LogP contribution in [0.1, 0.15) is 219 Å². The number of carbonyl (C=O) groups excluding carboxylic acids is 1. The molecule has 0 aromatic carbocycles. The van der Waals surface area contributed by atoms with Gasteiger partial charge in [-0.15, -0.1) is 0 Å². The lowest BCUT2D eigenvalue weighted by Crippen LogP contribution is -2.65. The predicted octanol–water partition coefficient (Wildman–Crippen LogP) is 10.3. The standard InChI is InChI=1S/C62H109NO13/c1-3-5-7-9-11-13-14-15-16-17-18-19-20-21-22-23-24-25-26-27-28-29-30-31-32-33-34-35-36-38-40-42-44-46-54(67)63-50(51(66)45-43-41-39-37-12-10-8-6-4-2)49-73-61-59(72)57(70)60(53(48-65)75-61)76-62-58(71)56(69)55(68)52(47-64)74-62/h5,7,11-13,15-16,18-19,37,43,45,50-53,55-62,64-66,68-72H,3-4,6,8-10,14,17,20-36,38-42,44,46-49H2,1-2H3,(H,63,67)/b7-5-,13-11-,16-15-,19-18-,37-12+,45-43+. The molecule has 2 saturated heterocycles. The van der Waals surface area contributed by atoms with E-state index >= 15 is 0 Å². The van der Waals surface area contributed by atoms with Gasteiger partial charge in [-0.05, 0) is 70.6 Å². The third-order valence-electron chi connectivity index (χ3n) is 14.4. The number of rotatable bonds is 47. The maximum atomic E-state index is 13.2. The van der Waals surface area contributed by atoms with Gasteiger partial charge >= 0.3 is 0 Å². The van der Waals surface area contributed by atoms with E-state index in [1.54, 1.807) is 6.08 Å². The zero-order valence-electron chi connectivity index (χ0n) is 47.2. The topological polar surface area (TPSA) is 228 Å². The Morgan fingerprint density at radius 1 is 0.487 bits per heavy atom. The van der Waals surface area contributed by atoms with E-state index in [1.807, 2.05) is 6.08 Å². The Balaban J connectivity index is 1.60. The summed E-state index contributed by atoms with van der Waals surface area (Å²) in [6, 6.07) is -0.930. The molecule has 0 saturated carbocycles. The van der Waals surface area contributed by atoms with E-state index in [0.717, 1.165) is 64.2 Å². The van der Waals surface area contributed by atoms with Gasteiger partial charge < -0.3 is 65.1 Å². The fraction of sp³-hybridized carbons (Fsp3) is 0.790. The molecular weight excluding hydrogens is 967 g/mol. The summed E-state index contributed by atoms with van der Waals surface area (Å²) in [6.07, 6.45) is 45.6. The van der Waals surface area contributed by atoms with Gasteiger partial charge in [0.1, 0.15) is 48.8 Å². The highest BCUT2D eigenvalue weighted by atomic mass is 16.7. The first-order chi connectivity index (χ1) is 37.1. The van der Waals surface area contributed by atoms with Gasteiger partial charge in [0, 0.05) is 6.42 Å². The summed E-state index contributed by atoms with van der Waals surface area (Å²) in [5.41, 5.74) is 0. The van der Waals surface area contributed by atoms with Crippen LogP contribution in [0.15, 0.2) is 72.9 Å². The smallest absolute Gasteiger partial charge is 0.220 e. The van der Waals surface area contributed by atoms with Crippen LogP contribution in [0.3, 0.4) is 0 Å². The molecule has 2 aliphatic heterocycles. The number of aliphatic hydroxyl groups is 8. The van der Waals surface area contributed by atoms with E-state index in [-0.39, 0.29) is 18.9 Å². The maximum Gasteiger partial charge on any atom is 0.220 e. The SMILES string of the molecule is CC/C=C\C/C=C\C/C=C\C/C=C\CCCCCCCCCCCCCCCCCCCCCCC(=O)NC(COC1OC(CO)C(OC2OC(CO)C(O)C(O)C2O)C(O)C1O)C(O)/C=C/CC/C=C/CCCCC. The van der Waals surface area contributed by atoms with Crippen molar-refractivity contribution >= 4 is 5.91 Å². The molecule has 9 N–H and O–H groups in total. The van der Waals surface area contributed by atoms with Gasteiger partial charge in [-0.1, -0.05) is 215 Å². The van der Waals surface area contributed by atoms with Crippen molar-refractivity contribution in [1.29, 1.82) is 0 Å². The Kier molecular flexibility index (Phi) is 43.2. The average molecular weight is 1080 g/mol. The number of nitrogens with one attached hydrogen (secondary N) is 1. The molecule has 0 radical (unpaired) electrons. The van der Waals surface area contributed by atoms with Crippen molar-refractivity contribution in [2.24, 2.45) is 0 Å². The van der Waals surface area contributed by atoms with E-state index in [9.17, 15) is 45.6 Å². The van der Waals surface area contributed by atoms with Gasteiger partial charge in [0.25, 0.3) is 0 Å². The predicted molar refractivity (Wildman–Crippen MR) is 304 cm³/mol. The fourth-order valence-electron chi connectivity index (χ4n) is 9.53. The Morgan fingerprint density at radius 2 is 0.921 bits per heavy atom. The molecule has 0 aromatic rings. The molecule has 2 rings (SSSR count). The van der Waals surface area contributed by atoms with Crippen LogP contribution in [0.2, 0.25) is 0 Å². The highest BCUT2D eigenvalue weighted by molar-refractivity contribution is 5.76. The number of unbranched alkanes of at least 4 members (excludes halogenated alkanes) is 24. The zero-order valence-corrected chi connectivity index (χ0v) is 47.2. The van der Waals surface area contributed by atoms with Crippen LogP contribution in [0.5, 0.6) is 0 Å². The molecule has 1 amide bonds. The lowest BCUT2D eigenvalue weighted by atomic mass is 9.97. The fourth-order valence-corrected chi connectivity index (χ4v) is 9.53. The second-order valence-electron chi connectivity index (χ2n) is 21.1. The van der Waals surface area contributed by atoms with Crippen molar-refractivity contribution in [2.75, 3.05) is 19.8 Å². The van der Waals surface area contributed by atoms with Crippen molar-refractivity contribution in [3.8, 4) is 0 Å². The number of hydrogen-bond acceptors (Lipinski definition) is 13. The van der Waals surface area contributed by atoms with Crippen LogP contribution < -0.4 is 5.32 Å². The summed E-state index contributed by atoms with van der Waals surface area (Å²) < 4.78 is 22.7. The van der Waals surface area contributed by atoms with E-state index in [1.165, 1.54) is 122 Å². The number of allylic oxidation sites excluding steroid dienone is 11. The van der Waals surface area contributed by atoms with Crippen LogP contribution in [0.25, 0.3) is 0 Å². The molecule has 2 heterocycles. The highest BCUT2D eigenvalue weighted by Crippen LogP contribution is 2.30. The summed E-state index contributed by atoms with van der Waals surface area (Å²) >= 11 is 0. The molecule has 0 aliphatic carbocycles. The Morgan fingerprint density at radius 3 is 1.45 bits per heavy atom.